The summed E-state index contributed by atoms with van der Waals surface area (Å²) in [6, 6.07) is 8.65. The molecule has 1 aromatic heterocycles. The first-order valence-electron chi connectivity index (χ1n) is 9.57. The van der Waals surface area contributed by atoms with Crippen LogP contribution in [0.3, 0.4) is 0 Å². The van der Waals surface area contributed by atoms with E-state index in [1.54, 1.807) is 41.4 Å². The number of amides is 1. The average Bonchev–Trinajstić information content (AvgIpc) is 3.03. The molecular formula is C20H23ClN4O3S. The largest absolute Gasteiger partial charge is 0.353 e. The van der Waals surface area contributed by atoms with E-state index in [1.807, 2.05) is 11.8 Å². The maximum absolute atomic E-state index is 13.2. The predicted octanol–water partition coefficient (Wildman–Crippen LogP) is 2.54. The number of hydrogen-bond acceptors (Lipinski definition) is 5. The van der Waals surface area contributed by atoms with Gasteiger partial charge in [-0.3, -0.25) is 4.79 Å². The Morgan fingerprint density at radius 1 is 1.17 bits per heavy atom. The predicted molar refractivity (Wildman–Crippen MR) is 113 cm³/mol. The molecule has 2 aromatic rings. The number of carbonyl (C=O) groups is 1. The molecule has 1 unspecified atom stereocenters. The van der Waals surface area contributed by atoms with Gasteiger partial charge in [0.2, 0.25) is 15.9 Å². The molecule has 7 nitrogen and oxygen atoms in total. The molecule has 1 atom stereocenters. The van der Waals surface area contributed by atoms with Gasteiger partial charge in [-0.2, -0.15) is 4.31 Å². The van der Waals surface area contributed by atoms with Gasteiger partial charge in [0.25, 0.3) is 0 Å². The number of anilines is 2. The van der Waals surface area contributed by atoms with Crippen molar-refractivity contribution in [3.63, 3.8) is 0 Å². The highest BCUT2D eigenvalue weighted by molar-refractivity contribution is 7.89. The molecule has 0 N–H and O–H groups in total. The highest BCUT2D eigenvalue weighted by Crippen LogP contribution is 2.34. The monoisotopic (exact) mass is 434 g/mol. The highest BCUT2D eigenvalue weighted by Gasteiger charge is 2.33. The molecule has 1 saturated heterocycles. The third-order valence-corrected chi connectivity index (χ3v) is 7.71. The lowest BCUT2D eigenvalue weighted by Gasteiger charge is -2.35. The van der Waals surface area contributed by atoms with Crippen LogP contribution >= 0.6 is 11.6 Å². The summed E-state index contributed by atoms with van der Waals surface area (Å²) in [6.45, 7) is 5.28. The Bertz CT molecular complexity index is 1050. The van der Waals surface area contributed by atoms with E-state index in [-0.39, 0.29) is 16.8 Å². The first-order chi connectivity index (χ1) is 13.8. The van der Waals surface area contributed by atoms with E-state index in [0.717, 1.165) is 11.3 Å². The van der Waals surface area contributed by atoms with E-state index in [1.165, 1.54) is 11.2 Å². The molecule has 0 bridgehead atoms. The molecular weight excluding hydrogens is 412 g/mol. The number of piperazine rings is 1. The van der Waals surface area contributed by atoms with Crippen LogP contribution in [0, 0.1) is 0 Å². The fourth-order valence-electron chi connectivity index (χ4n) is 4.15. The van der Waals surface area contributed by atoms with Crippen LogP contribution in [0.5, 0.6) is 0 Å². The Balaban J connectivity index is 1.53. The van der Waals surface area contributed by atoms with Gasteiger partial charge in [0, 0.05) is 51.0 Å². The van der Waals surface area contributed by atoms with Gasteiger partial charge in [0.15, 0.2) is 0 Å². The van der Waals surface area contributed by atoms with Gasteiger partial charge in [-0.1, -0.05) is 11.6 Å². The summed E-state index contributed by atoms with van der Waals surface area (Å²) in [5.41, 5.74) is 1.70. The number of fused-ring (bicyclic) bond motifs is 1. The standard InChI is InChI=1S/C20H23ClN4O3S/c1-14-12-16-13-17(5-6-19(16)25(14)15(2)26)29(27,28)24-10-8-23(9-11-24)20-18(21)4-3-7-22-20/h3-7,13-14H,8-12H2,1-2H3. The van der Waals surface area contributed by atoms with Crippen molar-refractivity contribution in [3.05, 3.63) is 47.1 Å². The maximum Gasteiger partial charge on any atom is 0.243 e. The Morgan fingerprint density at radius 2 is 1.90 bits per heavy atom. The lowest BCUT2D eigenvalue weighted by atomic mass is 10.1. The number of benzene rings is 1. The smallest absolute Gasteiger partial charge is 0.243 e. The van der Waals surface area contributed by atoms with Gasteiger partial charge in [0.1, 0.15) is 5.82 Å². The number of carbonyl (C=O) groups excluding carboxylic acids is 1. The molecule has 0 radical (unpaired) electrons. The molecule has 29 heavy (non-hydrogen) atoms. The SMILES string of the molecule is CC(=O)N1c2ccc(S(=O)(=O)N3CCN(c4ncccc4Cl)CC3)cc2CC1C. The quantitative estimate of drug-likeness (QED) is 0.742. The highest BCUT2D eigenvalue weighted by atomic mass is 35.5. The number of nitrogens with zero attached hydrogens (tertiary/aromatic N) is 4. The van der Waals surface area contributed by atoms with Gasteiger partial charge in [-0.05, 0) is 49.2 Å². The number of halogens is 1. The van der Waals surface area contributed by atoms with Crippen molar-refractivity contribution in [2.24, 2.45) is 0 Å². The summed E-state index contributed by atoms with van der Waals surface area (Å²) < 4.78 is 27.9. The van der Waals surface area contributed by atoms with Crippen molar-refractivity contribution < 1.29 is 13.2 Å². The Labute approximate surface area is 175 Å². The average molecular weight is 435 g/mol. The minimum absolute atomic E-state index is 0.0313. The second-order valence-electron chi connectivity index (χ2n) is 7.43. The molecule has 0 spiro atoms. The van der Waals surface area contributed by atoms with Gasteiger partial charge in [-0.15, -0.1) is 0 Å². The Morgan fingerprint density at radius 3 is 2.55 bits per heavy atom. The van der Waals surface area contributed by atoms with Crippen LogP contribution in [0.25, 0.3) is 0 Å². The van der Waals surface area contributed by atoms with Crippen LogP contribution in [0.4, 0.5) is 11.5 Å². The molecule has 1 aromatic carbocycles. The number of pyridine rings is 1. The normalized spacial score (nSPS) is 20.0. The first kappa shape index (κ1) is 20.1. The zero-order valence-corrected chi connectivity index (χ0v) is 17.9. The molecule has 1 amide bonds. The zero-order chi connectivity index (χ0) is 20.8. The Hall–Kier alpha value is -2.16. The molecule has 1 fully saturated rings. The van der Waals surface area contributed by atoms with E-state index < -0.39 is 10.0 Å². The minimum Gasteiger partial charge on any atom is -0.353 e. The number of hydrogen-bond donors (Lipinski definition) is 0. The number of aromatic nitrogens is 1. The summed E-state index contributed by atoms with van der Waals surface area (Å²) in [4.78, 5) is 20.2. The van der Waals surface area contributed by atoms with E-state index in [9.17, 15) is 13.2 Å². The number of rotatable bonds is 3. The van der Waals surface area contributed by atoms with Gasteiger partial charge < -0.3 is 9.80 Å². The molecule has 154 valence electrons. The first-order valence-corrected chi connectivity index (χ1v) is 11.4. The van der Waals surface area contributed by atoms with Crippen molar-refractivity contribution in [3.8, 4) is 0 Å². The summed E-state index contributed by atoms with van der Waals surface area (Å²) in [5, 5.41) is 0.562. The summed E-state index contributed by atoms with van der Waals surface area (Å²) in [6.07, 6.45) is 2.34. The van der Waals surface area contributed by atoms with Crippen LogP contribution in [-0.4, -0.2) is 55.8 Å². The molecule has 9 heteroatoms. The molecule has 2 aliphatic heterocycles. The van der Waals surface area contributed by atoms with E-state index in [0.29, 0.717) is 43.4 Å². The molecule has 3 heterocycles. The second kappa shape index (κ2) is 7.59. The topological polar surface area (TPSA) is 73.8 Å². The molecule has 2 aliphatic rings. The summed E-state index contributed by atoms with van der Waals surface area (Å²) in [5.74, 6) is 0.651. The summed E-state index contributed by atoms with van der Waals surface area (Å²) in [7, 11) is -3.60. The third kappa shape index (κ3) is 3.60. The van der Waals surface area contributed by atoms with Gasteiger partial charge in [-0.25, -0.2) is 13.4 Å². The fraction of sp³-hybridized carbons (Fsp3) is 0.400. The minimum atomic E-state index is -3.60. The third-order valence-electron chi connectivity index (χ3n) is 5.52. The van der Waals surface area contributed by atoms with Crippen LogP contribution in [0.15, 0.2) is 41.4 Å². The van der Waals surface area contributed by atoms with Crippen LogP contribution in [-0.2, 0) is 21.2 Å². The summed E-state index contributed by atoms with van der Waals surface area (Å²) >= 11 is 6.22. The van der Waals surface area contributed by atoms with Crippen LogP contribution in [0.1, 0.15) is 19.4 Å². The van der Waals surface area contributed by atoms with Crippen molar-refractivity contribution in [2.75, 3.05) is 36.0 Å². The molecule has 4 rings (SSSR count). The van der Waals surface area contributed by atoms with Crippen molar-refractivity contribution in [1.29, 1.82) is 0 Å². The van der Waals surface area contributed by atoms with Crippen molar-refractivity contribution in [2.45, 2.75) is 31.2 Å². The van der Waals surface area contributed by atoms with Crippen LogP contribution in [0.2, 0.25) is 5.02 Å². The fourth-order valence-corrected chi connectivity index (χ4v) is 5.86. The van der Waals surface area contributed by atoms with E-state index in [2.05, 4.69) is 4.98 Å². The second-order valence-corrected chi connectivity index (χ2v) is 9.78. The van der Waals surface area contributed by atoms with E-state index >= 15 is 0 Å². The number of sulfonamides is 1. The maximum atomic E-state index is 13.2. The molecule has 0 saturated carbocycles. The Kier molecular flexibility index (Phi) is 5.27. The van der Waals surface area contributed by atoms with Gasteiger partial charge >= 0.3 is 0 Å². The van der Waals surface area contributed by atoms with Crippen molar-refractivity contribution >= 4 is 39.0 Å². The lowest BCUT2D eigenvalue weighted by Crippen LogP contribution is -2.49. The molecule has 0 aliphatic carbocycles. The van der Waals surface area contributed by atoms with E-state index in [4.69, 9.17) is 11.6 Å². The zero-order valence-electron chi connectivity index (χ0n) is 16.4. The lowest BCUT2D eigenvalue weighted by molar-refractivity contribution is -0.116. The van der Waals surface area contributed by atoms with Crippen molar-refractivity contribution in [1.82, 2.24) is 9.29 Å². The van der Waals surface area contributed by atoms with Gasteiger partial charge in [0.05, 0.1) is 9.92 Å². The van der Waals surface area contributed by atoms with Crippen LogP contribution < -0.4 is 9.80 Å².